The molecule has 112 valence electrons. The Labute approximate surface area is 122 Å². The quantitative estimate of drug-likeness (QED) is 0.627. The van der Waals surface area contributed by atoms with Gasteiger partial charge in [0, 0.05) is 6.92 Å². The predicted molar refractivity (Wildman–Crippen MR) is 74.3 cm³/mol. The van der Waals surface area contributed by atoms with Gasteiger partial charge in [-0.3, -0.25) is 4.79 Å². The molecule has 1 aromatic rings. The van der Waals surface area contributed by atoms with Gasteiger partial charge in [0.25, 0.3) is 0 Å². The first-order chi connectivity index (χ1) is 10.1. The summed E-state index contributed by atoms with van der Waals surface area (Å²) in [6.45, 7) is 1.35. The maximum absolute atomic E-state index is 11.8. The van der Waals surface area contributed by atoms with Crippen molar-refractivity contribution in [2.75, 3.05) is 6.61 Å². The van der Waals surface area contributed by atoms with Crippen LogP contribution in [0.1, 0.15) is 17.3 Å². The summed E-state index contributed by atoms with van der Waals surface area (Å²) in [6.07, 6.45) is 1.55. The van der Waals surface area contributed by atoms with E-state index in [1.165, 1.54) is 6.92 Å². The summed E-state index contributed by atoms with van der Waals surface area (Å²) in [5, 5.41) is 12.3. The number of aliphatic hydroxyl groups excluding tert-OH is 1. The Balaban J connectivity index is 1.85. The zero-order valence-electron chi connectivity index (χ0n) is 11.6. The molecule has 0 radical (unpaired) electrons. The first-order valence-electron chi connectivity index (χ1n) is 6.57. The maximum atomic E-state index is 11.8. The summed E-state index contributed by atoms with van der Waals surface area (Å²) in [5.74, 6) is -0.715. The second-order valence-electron chi connectivity index (χ2n) is 4.64. The zero-order chi connectivity index (χ0) is 15.2. The molecule has 0 fully saturated rings. The number of carbonyl (C=O) groups is 2. The van der Waals surface area contributed by atoms with Crippen LogP contribution >= 0.6 is 0 Å². The third-order valence-corrected chi connectivity index (χ3v) is 2.91. The van der Waals surface area contributed by atoms with E-state index in [0.717, 1.165) is 0 Å². The number of esters is 1. The standard InChI is InChI=1S/C15H17NO5/c1-10(17)16-13-8-7-12(21-15(13)19)9-20-14(18)11-5-3-2-4-6-11/h2-8,12-13,15,19H,9H2,1H3,(H,16,17). The van der Waals surface area contributed by atoms with E-state index in [1.54, 1.807) is 36.4 Å². The van der Waals surface area contributed by atoms with Crippen LogP contribution in [0.2, 0.25) is 0 Å². The van der Waals surface area contributed by atoms with Crippen LogP contribution in [0.4, 0.5) is 0 Å². The number of aliphatic hydroxyl groups is 1. The molecule has 1 heterocycles. The van der Waals surface area contributed by atoms with Gasteiger partial charge < -0.3 is 19.9 Å². The lowest BCUT2D eigenvalue weighted by atomic mass is 10.1. The average molecular weight is 291 g/mol. The van der Waals surface area contributed by atoms with E-state index < -0.39 is 24.4 Å². The molecule has 6 heteroatoms. The van der Waals surface area contributed by atoms with Crippen molar-refractivity contribution in [1.29, 1.82) is 0 Å². The predicted octanol–water partition coefficient (Wildman–Crippen LogP) is 0.621. The fraction of sp³-hybridized carbons (Fsp3) is 0.333. The lowest BCUT2D eigenvalue weighted by molar-refractivity contribution is -0.153. The Hall–Kier alpha value is -2.18. The number of benzene rings is 1. The molecule has 0 saturated carbocycles. The van der Waals surface area contributed by atoms with Gasteiger partial charge in [0.05, 0.1) is 11.6 Å². The smallest absolute Gasteiger partial charge is 0.338 e. The van der Waals surface area contributed by atoms with Crippen molar-refractivity contribution in [3.63, 3.8) is 0 Å². The second kappa shape index (κ2) is 7.01. The van der Waals surface area contributed by atoms with Crippen LogP contribution < -0.4 is 5.32 Å². The second-order valence-corrected chi connectivity index (χ2v) is 4.64. The highest BCUT2D eigenvalue weighted by molar-refractivity contribution is 5.89. The molecule has 2 N–H and O–H groups in total. The summed E-state index contributed by atoms with van der Waals surface area (Å²) >= 11 is 0. The van der Waals surface area contributed by atoms with Crippen LogP contribution in [0, 0.1) is 0 Å². The summed E-state index contributed by atoms with van der Waals surface area (Å²) in [5.41, 5.74) is 0.453. The number of hydrogen-bond acceptors (Lipinski definition) is 5. The molecule has 3 atom stereocenters. The van der Waals surface area contributed by atoms with E-state index in [2.05, 4.69) is 5.32 Å². The Morgan fingerprint density at radius 1 is 1.29 bits per heavy atom. The van der Waals surface area contributed by atoms with Crippen LogP contribution in [0.15, 0.2) is 42.5 Å². The van der Waals surface area contributed by atoms with Crippen molar-refractivity contribution < 1.29 is 24.2 Å². The molecule has 0 aliphatic carbocycles. The van der Waals surface area contributed by atoms with E-state index in [1.807, 2.05) is 6.07 Å². The first-order valence-corrected chi connectivity index (χ1v) is 6.57. The Morgan fingerprint density at radius 2 is 2.00 bits per heavy atom. The van der Waals surface area contributed by atoms with Crippen LogP contribution in [0.5, 0.6) is 0 Å². The summed E-state index contributed by atoms with van der Waals surface area (Å²) in [7, 11) is 0. The van der Waals surface area contributed by atoms with Gasteiger partial charge in [0.1, 0.15) is 12.7 Å². The van der Waals surface area contributed by atoms with Crippen molar-refractivity contribution >= 4 is 11.9 Å². The molecule has 21 heavy (non-hydrogen) atoms. The van der Waals surface area contributed by atoms with E-state index in [-0.39, 0.29) is 12.5 Å². The third kappa shape index (κ3) is 4.40. The third-order valence-electron chi connectivity index (χ3n) is 2.91. The molecule has 1 amide bonds. The highest BCUT2D eigenvalue weighted by atomic mass is 16.6. The van der Waals surface area contributed by atoms with Gasteiger partial charge in [0.15, 0.2) is 6.29 Å². The van der Waals surface area contributed by atoms with Crippen molar-refractivity contribution in [3.05, 3.63) is 48.0 Å². The van der Waals surface area contributed by atoms with Crippen molar-refractivity contribution in [2.24, 2.45) is 0 Å². The molecular weight excluding hydrogens is 274 g/mol. The first kappa shape index (κ1) is 15.2. The van der Waals surface area contributed by atoms with Gasteiger partial charge in [-0.2, -0.15) is 0 Å². The summed E-state index contributed by atoms with van der Waals surface area (Å²) in [4.78, 5) is 22.7. The molecule has 0 saturated heterocycles. The zero-order valence-corrected chi connectivity index (χ0v) is 11.6. The van der Waals surface area contributed by atoms with Gasteiger partial charge in [-0.1, -0.05) is 30.4 Å². The lowest BCUT2D eigenvalue weighted by Gasteiger charge is -2.28. The highest BCUT2D eigenvalue weighted by Crippen LogP contribution is 2.12. The Morgan fingerprint density at radius 3 is 2.62 bits per heavy atom. The molecule has 0 bridgehead atoms. The molecule has 0 aromatic heterocycles. The molecule has 1 aliphatic heterocycles. The van der Waals surface area contributed by atoms with Gasteiger partial charge in [-0.05, 0) is 12.1 Å². The van der Waals surface area contributed by atoms with E-state index >= 15 is 0 Å². The molecule has 1 aromatic carbocycles. The number of carbonyl (C=O) groups excluding carboxylic acids is 2. The molecule has 6 nitrogen and oxygen atoms in total. The van der Waals surface area contributed by atoms with Crippen molar-refractivity contribution in [1.82, 2.24) is 5.32 Å². The highest BCUT2D eigenvalue weighted by Gasteiger charge is 2.26. The van der Waals surface area contributed by atoms with Gasteiger partial charge in [-0.15, -0.1) is 0 Å². The Bertz CT molecular complexity index is 528. The average Bonchev–Trinajstić information content (AvgIpc) is 2.48. The number of amides is 1. The summed E-state index contributed by atoms with van der Waals surface area (Å²) in [6, 6.07) is 8.01. The van der Waals surface area contributed by atoms with Crippen LogP contribution in [-0.4, -0.2) is 42.0 Å². The minimum absolute atomic E-state index is 0.00587. The number of ether oxygens (including phenoxy) is 2. The topological polar surface area (TPSA) is 84.9 Å². The lowest BCUT2D eigenvalue weighted by Crippen LogP contribution is -2.46. The number of nitrogens with one attached hydrogen (secondary N) is 1. The normalized spacial score (nSPS) is 24.4. The fourth-order valence-electron chi connectivity index (χ4n) is 1.91. The molecule has 1 aliphatic rings. The summed E-state index contributed by atoms with van der Waals surface area (Å²) < 4.78 is 10.4. The van der Waals surface area contributed by atoms with Crippen LogP contribution in [0.25, 0.3) is 0 Å². The molecule has 2 rings (SSSR count). The van der Waals surface area contributed by atoms with E-state index in [9.17, 15) is 14.7 Å². The van der Waals surface area contributed by atoms with E-state index in [0.29, 0.717) is 5.56 Å². The minimum Gasteiger partial charge on any atom is -0.459 e. The van der Waals surface area contributed by atoms with Gasteiger partial charge >= 0.3 is 5.97 Å². The maximum Gasteiger partial charge on any atom is 0.338 e. The van der Waals surface area contributed by atoms with Crippen LogP contribution in [0.3, 0.4) is 0 Å². The SMILES string of the molecule is CC(=O)NC1C=CC(COC(=O)c2ccccc2)OC1O. The molecular formula is C15H17NO5. The monoisotopic (exact) mass is 291 g/mol. The van der Waals surface area contributed by atoms with Crippen molar-refractivity contribution in [3.8, 4) is 0 Å². The molecule has 3 unspecified atom stereocenters. The fourth-order valence-corrected chi connectivity index (χ4v) is 1.91. The van der Waals surface area contributed by atoms with Crippen molar-refractivity contribution in [2.45, 2.75) is 25.4 Å². The van der Waals surface area contributed by atoms with Gasteiger partial charge in [-0.25, -0.2) is 4.79 Å². The van der Waals surface area contributed by atoms with Gasteiger partial charge in [0.2, 0.25) is 5.91 Å². The molecule has 0 spiro atoms. The van der Waals surface area contributed by atoms with E-state index in [4.69, 9.17) is 9.47 Å². The number of hydrogen-bond donors (Lipinski definition) is 2. The Kier molecular flexibility index (Phi) is 5.08. The largest absolute Gasteiger partial charge is 0.459 e. The van der Waals surface area contributed by atoms with Crippen LogP contribution in [-0.2, 0) is 14.3 Å². The number of rotatable bonds is 4. The minimum atomic E-state index is -1.17.